The first kappa shape index (κ1) is 14.1. The zero-order valence-corrected chi connectivity index (χ0v) is 11.4. The maximum absolute atomic E-state index is 9.00. The van der Waals surface area contributed by atoms with E-state index in [4.69, 9.17) is 5.26 Å². The Labute approximate surface area is 108 Å². The van der Waals surface area contributed by atoms with Crippen molar-refractivity contribution in [3.05, 3.63) is 35.9 Å². The molecule has 0 aliphatic heterocycles. The first-order valence-electron chi connectivity index (χ1n) is 5.92. The van der Waals surface area contributed by atoms with E-state index >= 15 is 0 Å². The van der Waals surface area contributed by atoms with Gasteiger partial charge in [0.15, 0.2) is 0 Å². The smallest absolute Gasteiger partial charge is 0.103 e. The molecule has 0 aliphatic rings. The van der Waals surface area contributed by atoms with E-state index in [2.05, 4.69) is 35.7 Å². The highest BCUT2D eigenvalue weighted by Crippen LogP contribution is 2.17. The molecule has 1 atom stereocenters. The molecule has 1 aromatic rings. The summed E-state index contributed by atoms with van der Waals surface area (Å²) in [5.74, 6) is 2.16. The number of hydrogen-bond donors (Lipinski definition) is 1. The van der Waals surface area contributed by atoms with Gasteiger partial charge < -0.3 is 5.32 Å². The molecule has 0 radical (unpaired) electrons. The van der Waals surface area contributed by atoms with E-state index in [9.17, 15) is 0 Å². The summed E-state index contributed by atoms with van der Waals surface area (Å²) < 4.78 is 0. The van der Waals surface area contributed by atoms with E-state index in [0.29, 0.717) is 0 Å². The highest BCUT2D eigenvalue weighted by molar-refractivity contribution is 7.98. The molecule has 1 rings (SSSR count). The minimum Gasteiger partial charge on any atom is -0.303 e. The molecular formula is C14H20N2S. The lowest BCUT2D eigenvalue weighted by molar-refractivity contribution is 0.451. The molecule has 0 saturated heterocycles. The monoisotopic (exact) mass is 248 g/mol. The number of thioether (sulfide) groups is 1. The van der Waals surface area contributed by atoms with Crippen molar-refractivity contribution in [2.45, 2.75) is 31.1 Å². The Kier molecular flexibility index (Phi) is 6.10. The van der Waals surface area contributed by atoms with Gasteiger partial charge in [-0.05, 0) is 38.1 Å². The van der Waals surface area contributed by atoms with Crippen LogP contribution in [0.3, 0.4) is 0 Å². The molecule has 0 amide bonds. The van der Waals surface area contributed by atoms with Gasteiger partial charge >= 0.3 is 0 Å². The van der Waals surface area contributed by atoms with Gasteiger partial charge in [0, 0.05) is 5.75 Å². The number of nitrogens with one attached hydrogen (secondary N) is 1. The number of nitriles is 1. The molecule has 0 bridgehead atoms. The third-order valence-electron chi connectivity index (χ3n) is 2.88. The van der Waals surface area contributed by atoms with Crippen molar-refractivity contribution in [1.29, 1.82) is 5.26 Å². The van der Waals surface area contributed by atoms with Gasteiger partial charge in [-0.1, -0.05) is 30.3 Å². The first-order valence-corrected chi connectivity index (χ1v) is 7.07. The molecule has 1 N–H and O–H groups in total. The summed E-state index contributed by atoms with van der Waals surface area (Å²) in [4.78, 5) is 0. The number of nitrogens with zero attached hydrogens (tertiary/aromatic N) is 1. The van der Waals surface area contributed by atoms with E-state index in [1.807, 2.05) is 31.8 Å². The normalized spacial score (nSPS) is 13.9. The molecule has 0 aliphatic carbocycles. The summed E-state index contributed by atoms with van der Waals surface area (Å²) in [7, 11) is 1.85. The van der Waals surface area contributed by atoms with Crippen molar-refractivity contribution in [3.8, 4) is 6.07 Å². The lowest BCUT2D eigenvalue weighted by Gasteiger charge is -2.20. The molecular weight excluding hydrogens is 228 g/mol. The molecule has 0 heterocycles. The number of hydrogen-bond acceptors (Lipinski definition) is 3. The Morgan fingerprint density at radius 2 is 2.06 bits per heavy atom. The van der Waals surface area contributed by atoms with E-state index in [0.717, 1.165) is 24.3 Å². The van der Waals surface area contributed by atoms with Gasteiger partial charge in [0.25, 0.3) is 0 Å². The summed E-state index contributed by atoms with van der Waals surface area (Å²) >= 11 is 1.93. The van der Waals surface area contributed by atoms with Crippen LogP contribution in [0.15, 0.2) is 30.3 Å². The summed E-state index contributed by atoms with van der Waals surface area (Å²) in [6, 6.07) is 12.8. The van der Waals surface area contributed by atoms with E-state index < -0.39 is 0 Å². The average Bonchev–Trinajstić information content (AvgIpc) is 2.39. The van der Waals surface area contributed by atoms with Gasteiger partial charge in [-0.3, -0.25) is 0 Å². The zero-order valence-electron chi connectivity index (χ0n) is 10.6. The van der Waals surface area contributed by atoms with Crippen molar-refractivity contribution in [2.24, 2.45) is 0 Å². The fourth-order valence-electron chi connectivity index (χ4n) is 1.53. The van der Waals surface area contributed by atoms with Crippen molar-refractivity contribution in [3.63, 3.8) is 0 Å². The highest BCUT2D eigenvalue weighted by Gasteiger charge is 2.19. The Morgan fingerprint density at radius 3 is 2.65 bits per heavy atom. The molecule has 0 saturated carbocycles. The lowest BCUT2D eigenvalue weighted by Crippen LogP contribution is -2.37. The van der Waals surface area contributed by atoms with Crippen LogP contribution in [0.5, 0.6) is 0 Å². The molecule has 1 aromatic carbocycles. The van der Waals surface area contributed by atoms with Crippen LogP contribution in [0.2, 0.25) is 0 Å². The fourth-order valence-corrected chi connectivity index (χ4v) is 2.45. The van der Waals surface area contributed by atoms with Gasteiger partial charge in [-0.2, -0.15) is 17.0 Å². The molecule has 17 heavy (non-hydrogen) atoms. The summed E-state index contributed by atoms with van der Waals surface area (Å²) in [6.07, 6.45) is 1.98. The Morgan fingerprint density at radius 1 is 1.35 bits per heavy atom. The van der Waals surface area contributed by atoms with Crippen molar-refractivity contribution >= 4 is 11.8 Å². The van der Waals surface area contributed by atoms with Crippen LogP contribution in [0.25, 0.3) is 0 Å². The van der Waals surface area contributed by atoms with Gasteiger partial charge in [0.1, 0.15) is 5.54 Å². The number of rotatable bonds is 7. The van der Waals surface area contributed by atoms with Crippen molar-refractivity contribution in [2.75, 3.05) is 12.8 Å². The molecule has 0 spiro atoms. The fraction of sp³-hybridized carbons (Fsp3) is 0.500. The predicted molar refractivity (Wildman–Crippen MR) is 74.9 cm³/mol. The Bertz CT molecular complexity index is 358. The van der Waals surface area contributed by atoms with Gasteiger partial charge in [0.05, 0.1) is 6.07 Å². The first-order chi connectivity index (χ1) is 8.20. The van der Waals surface area contributed by atoms with Crippen LogP contribution >= 0.6 is 11.8 Å². The molecule has 3 heteroatoms. The second-order valence-electron chi connectivity index (χ2n) is 4.34. The second kappa shape index (κ2) is 7.37. The lowest BCUT2D eigenvalue weighted by atomic mass is 9.99. The van der Waals surface area contributed by atoms with E-state index in [1.54, 1.807) is 0 Å². The summed E-state index contributed by atoms with van der Waals surface area (Å²) in [5.41, 5.74) is 1.00. The standard InChI is InChI=1S/C14H20N2S/c1-14(12-15,16-2)9-6-10-17-11-13-7-4-3-5-8-13/h3-5,7-8,16H,6,9-11H2,1-2H3. The second-order valence-corrected chi connectivity index (χ2v) is 5.44. The third kappa shape index (κ3) is 5.25. The molecule has 0 fully saturated rings. The van der Waals surface area contributed by atoms with E-state index in [-0.39, 0.29) is 5.54 Å². The van der Waals surface area contributed by atoms with Crippen LogP contribution in [-0.4, -0.2) is 18.3 Å². The minimum atomic E-state index is -0.368. The molecule has 0 aromatic heterocycles. The largest absolute Gasteiger partial charge is 0.303 e. The van der Waals surface area contributed by atoms with E-state index in [1.165, 1.54) is 5.56 Å². The Hall–Kier alpha value is -0.980. The van der Waals surface area contributed by atoms with Crippen LogP contribution < -0.4 is 5.32 Å². The maximum atomic E-state index is 9.00. The Balaban J connectivity index is 2.16. The molecule has 2 nitrogen and oxygen atoms in total. The van der Waals surface area contributed by atoms with Crippen LogP contribution in [-0.2, 0) is 5.75 Å². The van der Waals surface area contributed by atoms with Crippen molar-refractivity contribution in [1.82, 2.24) is 5.32 Å². The highest BCUT2D eigenvalue weighted by atomic mass is 32.2. The van der Waals surface area contributed by atoms with Crippen LogP contribution in [0.4, 0.5) is 0 Å². The minimum absolute atomic E-state index is 0.368. The predicted octanol–water partition coefficient (Wildman–Crippen LogP) is 3.20. The van der Waals surface area contributed by atoms with Crippen LogP contribution in [0, 0.1) is 11.3 Å². The SMILES string of the molecule is CNC(C)(C#N)CCCSCc1ccccc1. The molecule has 1 unspecified atom stereocenters. The van der Waals surface area contributed by atoms with Gasteiger partial charge in [-0.15, -0.1) is 0 Å². The van der Waals surface area contributed by atoms with Crippen molar-refractivity contribution < 1.29 is 0 Å². The topological polar surface area (TPSA) is 35.8 Å². The van der Waals surface area contributed by atoms with Gasteiger partial charge in [-0.25, -0.2) is 0 Å². The van der Waals surface area contributed by atoms with Crippen LogP contribution in [0.1, 0.15) is 25.3 Å². The quantitative estimate of drug-likeness (QED) is 0.753. The maximum Gasteiger partial charge on any atom is 0.103 e. The number of benzene rings is 1. The average molecular weight is 248 g/mol. The molecule has 92 valence electrons. The van der Waals surface area contributed by atoms with Gasteiger partial charge in [0.2, 0.25) is 0 Å². The summed E-state index contributed by atoms with van der Waals surface area (Å²) in [5, 5.41) is 12.1. The zero-order chi connectivity index (χ0) is 12.6. The summed E-state index contributed by atoms with van der Waals surface area (Å²) in [6.45, 7) is 1.95. The third-order valence-corrected chi connectivity index (χ3v) is 3.99.